The third-order valence-corrected chi connectivity index (χ3v) is 7.49. The molecule has 0 amide bonds. The summed E-state index contributed by atoms with van der Waals surface area (Å²) in [6.07, 6.45) is 0. The van der Waals surface area contributed by atoms with E-state index in [-0.39, 0.29) is 0 Å². The Morgan fingerprint density at radius 2 is 0.880 bits per heavy atom. The minimum absolute atomic E-state index is 0.308. The number of hydrogen-bond acceptors (Lipinski definition) is 11. The summed E-state index contributed by atoms with van der Waals surface area (Å²) in [6, 6.07) is 38.6. The highest BCUT2D eigenvalue weighted by Crippen LogP contribution is 2.31. The van der Waals surface area contributed by atoms with Gasteiger partial charge in [0.25, 0.3) is 0 Å². The van der Waals surface area contributed by atoms with Gasteiger partial charge in [-0.15, -0.1) is 0 Å². The van der Waals surface area contributed by atoms with Crippen LogP contribution < -0.4 is 51.3 Å². The molecule has 0 aromatic heterocycles. The molecule has 0 heterocycles. The smallest absolute Gasteiger partial charge is 0.184 e. The zero-order chi connectivity index (χ0) is 34.3. The van der Waals surface area contributed by atoms with E-state index in [4.69, 9.17) is 44.9 Å². The minimum Gasteiger partial charge on any atom is -0.382 e. The van der Waals surface area contributed by atoms with Crippen molar-refractivity contribution in [2.75, 3.05) is 12.1 Å². The Labute approximate surface area is 285 Å². The maximum atomic E-state index is 5.92. The molecule has 0 bridgehead atoms. The summed E-state index contributed by atoms with van der Waals surface area (Å²) in [5.41, 5.74) is 8.40. The van der Waals surface area contributed by atoms with Crippen LogP contribution in [0.4, 0.5) is 11.4 Å². The number of nitrogens with one attached hydrogen (secondary N) is 1. The molecule has 0 aliphatic rings. The second-order valence-corrected chi connectivity index (χ2v) is 11.1. The molecule has 0 saturated heterocycles. The zero-order valence-electron chi connectivity index (χ0n) is 26.8. The Balaban J connectivity index is 1.09. The predicted octanol–water partition coefficient (Wildman–Crippen LogP) is 7.69. The molecule has 12 heteroatoms. The van der Waals surface area contributed by atoms with E-state index in [9.17, 15) is 0 Å². The number of anilines is 1. The van der Waals surface area contributed by atoms with E-state index in [1.165, 1.54) is 0 Å². The summed E-state index contributed by atoms with van der Waals surface area (Å²) < 4.78 is 0. The third kappa shape index (κ3) is 7.81. The van der Waals surface area contributed by atoms with Gasteiger partial charge in [0.2, 0.25) is 0 Å². The van der Waals surface area contributed by atoms with Crippen molar-refractivity contribution in [1.29, 1.82) is 0 Å². The molecular formula is C38H32N3O9+. The molecule has 6 N–H and O–H groups in total. The van der Waals surface area contributed by atoms with Gasteiger partial charge in [-0.25, -0.2) is 5.48 Å². The SMILES string of the molecule is CCOOc1ccc2cc(OOc3cc(NOc4ccc5cc([NH3+])ccc5c4)cc(OOc4ccc5cc(OON)ccc5c4)c3)ccc2c1. The van der Waals surface area contributed by atoms with Crippen LogP contribution in [0, 0.1) is 0 Å². The number of nitrogens with two attached hydrogens (primary N) is 1. The van der Waals surface area contributed by atoms with E-state index in [0.29, 0.717) is 52.5 Å². The summed E-state index contributed by atoms with van der Waals surface area (Å²) >= 11 is 0. The monoisotopic (exact) mass is 674 g/mol. The molecule has 0 saturated carbocycles. The van der Waals surface area contributed by atoms with Crippen LogP contribution >= 0.6 is 0 Å². The van der Waals surface area contributed by atoms with Crippen LogP contribution in [0.5, 0.6) is 40.2 Å². The van der Waals surface area contributed by atoms with Gasteiger partial charge in [-0.05, 0) is 112 Å². The largest absolute Gasteiger partial charge is 0.382 e. The van der Waals surface area contributed by atoms with Crippen molar-refractivity contribution in [2.45, 2.75) is 6.92 Å². The van der Waals surface area contributed by atoms with Crippen molar-refractivity contribution < 1.29 is 49.8 Å². The van der Waals surface area contributed by atoms with Crippen molar-refractivity contribution in [3.05, 3.63) is 127 Å². The van der Waals surface area contributed by atoms with Crippen LogP contribution in [0.15, 0.2) is 127 Å². The van der Waals surface area contributed by atoms with Crippen LogP contribution in [0.25, 0.3) is 32.3 Å². The summed E-state index contributed by atoms with van der Waals surface area (Å²) in [5, 5.41) is 5.71. The van der Waals surface area contributed by atoms with Gasteiger partial charge >= 0.3 is 0 Å². The molecule has 7 aromatic carbocycles. The van der Waals surface area contributed by atoms with Gasteiger partial charge in [0.05, 0.1) is 12.3 Å². The lowest BCUT2D eigenvalue weighted by Gasteiger charge is -2.13. The highest BCUT2D eigenvalue weighted by atomic mass is 17.3. The maximum Gasteiger partial charge on any atom is 0.184 e. The first-order valence-electron chi connectivity index (χ1n) is 15.5. The highest BCUT2D eigenvalue weighted by Gasteiger charge is 2.11. The molecule has 7 aromatic rings. The van der Waals surface area contributed by atoms with Gasteiger partial charge in [-0.3, -0.25) is 19.6 Å². The van der Waals surface area contributed by atoms with Crippen LogP contribution in [0.1, 0.15) is 6.92 Å². The van der Waals surface area contributed by atoms with Crippen molar-refractivity contribution in [3.63, 3.8) is 0 Å². The lowest BCUT2D eigenvalue weighted by Crippen LogP contribution is -2.39. The van der Waals surface area contributed by atoms with Gasteiger partial charge in [0.15, 0.2) is 40.2 Å². The van der Waals surface area contributed by atoms with E-state index < -0.39 is 0 Å². The lowest BCUT2D eigenvalue weighted by molar-refractivity contribution is -0.254. The Hall–Kier alpha value is -6.44. The van der Waals surface area contributed by atoms with Crippen LogP contribution in [-0.2, 0) is 9.88 Å². The van der Waals surface area contributed by atoms with Crippen LogP contribution in [0.2, 0.25) is 0 Å². The molecule has 0 aliphatic carbocycles. The summed E-state index contributed by atoms with van der Waals surface area (Å²) in [6.45, 7) is 2.30. The van der Waals surface area contributed by atoms with E-state index in [0.717, 1.165) is 38.0 Å². The van der Waals surface area contributed by atoms with Gasteiger partial charge < -0.3 is 20.3 Å². The molecule has 0 unspecified atom stereocenters. The first-order valence-corrected chi connectivity index (χ1v) is 15.5. The molecule has 50 heavy (non-hydrogen) atoms. The van der Waals surface area contributed by atoms with Gasteiger partial charge in [0.1, 0.15) is 5.69 Å². The number of hydrogen-bond donors (Lipinski definition) is 3. The Morgan fingerprint density at radius 3 is 1.40 bits per heavy atom. The second kappa shape index (κ2) is 14.8. The average molecular weight is 675 g/mol. The Kier molecular flexibility index (Phi) is 9.49. The number of rotatable bonds is 14. The molecule has 12 nitrogen and oxygen atoms in total. The minimum atomic E-state index is 0.308. The van der Waals surface area contributed by atoms with E-state index >= 15 is 0 Å². The molecule has 0 spiro atoms. The average Bonchev–Trinajstić information content (AvgIpc) is 3.14. The quantitative estimate of drug-likeness (QED) is 0.0770. The van der Waals surface area contributed by atoms with Gasteiger partial charge in [-0.2, -0.15) is 10.8 Å². The van der Waals surface area contributed by atoms with Crippen molar-refractivity contribution >= 4 is 43.7 Å². The van der Waals surface area contributed by atoms with E-state index in [1.807, 2.05) is 91.9 Å². The fourth-order valence-corrected chi connectivity index (χ4v) is 5.17. The summed E-state index contributed by atoms with van der Waals surface area (Å²) in [5.74, 6) is 8.24. The van der Waals surface area contributed by atoms with E-state index in [1.54, 1.807) is 42.5 Å². The molecule has 252 valence electrons. The van der Waals surface area contributed by atoms with Crippen molar-refractivity contribution in [1.82, 2.24) is 0 Å². The zero-order valence-corrected chi connectivity index (χ0v) is 26.8. The molecule has 7 rings (SSSR count). The first kappa shape index (κ1) is 32.1. The first-order chi connectivity index (χ1) is 24.5. The fourth-order valence-electron chi connectivity index (χ4n) is 5.17. The standard InChI is InChI=1S/C38H31N3O9/c1-2-42-44-33-11-5-27-18-34(12-6-26(27)17-33)45-47-37-21-31(41-43-32-10-4-24-15-30(39)9-3-25(24)16-32)22-38(23-37)48-46-35-13-7-29-20-36(49-50-40)14-8-28(29)19-35/h3-23,41H,2,39-40H2,1H3/p+1. The Morgan fingerprint density at radius 1 is 0.460 bits per heavy atom. The van der Waals surface area contributed by atoms with Crippen LogP contribution in [0.3, 0.4) is 0 Å². The predicted molar refractivity (Wildman–Crippen MR) is 186 cm³/mol. The highest BCUT2D eigenvalue weighted by molar-refractivity contribution is 5.87. The number of fused-ring (bicyclic) bond motifs is 3. The molecule has 0 atom stereocenters. The maximum absolute atomic E-state index is 5.92. The Bertz CT molecular complexity index is 2280. The normalized spacial score (nSPS) is 10.9. The number of benzene rings is 7. The molecule has 0 aliphatic heterocycles. The van der Waals surface area contributed by atoms with Crippen molar-refractivity contribution in [2.24, 2.45) is 5.90 Å². The van der Waals surface area contributed by atoms with E-state index in [2.05, 4.69) is 16.2 Å². The fraction of sp³-hybridized carbons (Fsp3) is 0.0526. The summed E-state index contributed by atoms with van der Waals surface area (Å²) in [7, 11) is 0. The molecule has 0 fully saturated rings. The lowest BCUT2D eigenvalue weighted by atomic mass is 10.1. The van der Waals surface area contributed by atoms with Gasteiger partial charge in [-0.1, -0.05) is 35.3 Å². The van der Waals surface area contributed by atoms with Gasteiger partial charge in [0, 0.05) is 24.3 Å². The number of quaternary nitrogens is 1. The van der Waals surface area contributed by atoms with Crippen molar-refractivity contribution in [3.8, 4) is 40.2 Å². The molecular weight excluding hydrogens is 642 g/mol. The molecule has 0 radical (unpaired) electrons. The third-order valence-electron chi connectivity index (χ3n) is 7.49. The van der Waals surface area contributed by atoms with Crippen LogP contribution in [-0.4, -0.2) is 6.61 Å². The second-order valence-electron chi connectivity index (χ2n) is 11.1. The topological polar surface area (TPSA) is 149 Å². The summed E-state index contributed by atoms with van der Waals surface area (Å²) in [4.78, 5) is 48.3.